The summed E-state index contributed by atoms with van der Waals surface area (Å²) in [6.45, 7) is 6.65. The smallest absolute Gasteiger partial charge is 0.327 e. The predicted molar refractivity (Wildman–Crippen MR) is 160 cm³/mol. The first-order valence-electron chi connectivity index (χ1n) is 14.0. The summed E-state index contributed by atoms with van der Waals surface area (Å²) >= 11 is 2.38. The molecule has 1 unspecified atom stereocenters. The molecule has 0 aliphatic carbocycles. The van der Waals surface area contributed by atoms with Gasteiger partial charge < -0.3 is 36.0 Å². The van der Waals surface area contributed by atoms with Crippen LogP contribution in [0.3, 0.4) is 0 Å². The molecule has 5 rings (SSSR count). The lowest BCUT2D eigenvalue weighted by molar-refractivity contribution is -0.384. The fraction of sp³-hybridized carbons (Fsp3) is 0.519. The fourth-order valence-electron chi connectivity index (χ4n) is 6.15. The van der Waals surface area contributed by atoms with E-state index in [1.54, 1.807) is 27.7 Å². The zero-order valence-electron chi connectivity index (χ0n) is 24.8. The molecule has 7 atom stereocenters. The number of nitro groups is 1. The maximum absolute atomic E-state index is 13.5. The highest BCUT2D eigenvalue weighted by Gasteiger charge is 2.65. The zero-order valence-corrected chi connectivity index (χ0v) is 26.4. The van der Waals surface area contributed by atoms with E-state index in [1.807, 2.05) is 0 Å². The number of nitrogens with one attached hydrogen (secondary N) is 3. The van der Waals surface area contributed by atoms with E-state index in [0.29, 0.717) is 0 Å². The molecule has 4 aliphatic rings. The van der Waals surface area contributed by atoms with E-state index in [2.05, 4.69) is 16.0 Å². The van der Waals surface area contributed by atoms with Gasteiger partial charge in [0.2, 0.25) is 23.6 Å². The van der Waals surface area contributed by atoms with Gasteiger partial charge in [-0.2, -0.15) is 0 Å². The summed E-state index contributed by atoms with van der Waals surface area (Å²) < 4.78 is -1.72. The van der Waals surface area contributed by atoms with Crippen molar-refractivity contribution >= 4 is 70.7 Å². The first kappa shape index (κ1) is 33.0. The molecule has 246 valence electrons. The Morgan fingerprint density at radius 1 is 0.870 bits per heavy atom. The van der Waals surface area contributed by atoms with Crippen LogP contribution in [0.15, 0.2) is 24.3 Å². The van der Waals surface area contributed by atoms with Gasteiger partial charge in [0.15, 0.2) is 0 Å². The number of aliphatic carboxylic acids is 2. The number of carbonyl (C=O) groups excluding carboxylic acids is 5. The number of thioether (sulfide) groups is 2. The van der Waals surface area contributed by atoms with Crippen LogP contribution < -0.4 is 16.0 Å². The van der Waals surface area contributed by atoms with Gasteiger partial charge in [0, 0.05) is 27.2 Å². The molecule has 4 saturated heterocycles. The number of nitrogens with zero attached hydrogens (tertiary/aromatic N) is 3. The molecule has 4 heterocycles. The average molecular weight is 679 g/mol. The van der Waals surface area contributed by atoms with Gasteiger partial charge in [-0.1, -0.05) is 0 Å². The Kier molecular flexibility index (Phi) is 8.21. The van der Waals surface area contributed by atoms with Crippen molar-refractivity contribution in [3.05, 3.63) is 39.9 Å². The molecule has 46 heavy (non-hydrogen) atoms. The van der Waals surface area contributed by atoms with Crippen molar-refractivity contribution in [3.8, 4) is 0 Å². The molecule has 0 bridgehead atoms. The Balaban J connectivity index is 1.31. The molecule has 17 nitrogen and oxygen atoms in total. The first-order chi connectivity index (χ1) is 21.4. The molecule has 4 aliphatic heterocycles. The molecule has 5 N–H and O–H groups in total. The minimum Gasteiger partial charge on any atom is -0.480 e. The van der Waals surface area contributed by atoms with Crippen LogP contribution in [0.2, 0.25) is 0 Å². The third-order valence-electron chi connectivity index (χ3n) is 8.32. The van der Waals surface area contributed by atoms with Crippen LogP contribution in [0.1, 0.15) is 44.5 Å². The molecular weight excluding hydrogens is 648 g/mol. The lowest BCUT2D eigenvalue weighted by Crippen LogP contribution is -2.72. The highest BCUT2D eigenvalue weighted by Crippen LogP contribution is 2.51. The molecule has 0 radical (unpaired) electrons. The maximum atomic E-state index is 13.5. The van der Waals surface area contributed by atoms with Crippen LogP contribution >= 0.6 is 23.5 Å². The number of carboxylic acid groups (broad SMARTS) is 2. The highest BCUT2D eigenvalue weighted by atomic mass is 32.2. The summed E-state index contributed by atoms with van der Waals surface area (Å²) in [5.41, 5.74) is -0.353. The number of non-ortho nitro benzene ring substituents is 1. The standard InChI is InChI=1S/C27H30N6O11S2/c1-26(2)16(24(39)40)31-20(37)14(22(31)45-26)29-13(34)9-12(28-18(35)10-5-7-11(8-6-10)33(43)44)19(36)30-15-21(38)32-17(25(41)42)27(3,4)46-23(15)32/h5-8,12,14-17,22-23H,9H2,1-4H3,(H,28,35)(H,29,34)(H,30,36)(H,39,40)(H,41,42)/t12?,14-,15-,16+,17+,22-,23-/m1/s1. The minimum atomic E-state index is -1.59. The van der Waals surface area contributed by atoms with Crippen LogP contribution in [0.5, 0.6) is 0 Å². The van der Waals surface area contributed by atoms with Crippen molar-refractivity contribution < 1.29 is 48.7 Å². The molecular formula is C27H30N6O11S2. The molecule has 0 spiro atoms. The average Bonchev–Trinajstić information content (AvgIpc) is 3.38. The van der Waals surface area contributed by atoms with Gasteiger partial charge in [-0.15, -0.1) is 23.5 Å². The summed E-state index contributed by atoms with van der Waals surface area (Å²) in [6.07, 6.45) is -0.691. The van der Waals surface area contributed by atoms with Crippen molar-refractivity contribution in [2.45, 2.75) is 84.6 Å². The van der Waals surface area contributed by atoms with Crippen molar-refractivity contribution in [1.82, 2.24) is 25.8 Å². The zero-order chi connectivity index (χ0) is 34.0. The normalized spacial score (nSPS) is 29.0. The number of rotatable bonds is 10. The summed E-state index contributed by atoms with van der Waals surface area (Å²) in [5.74, 6) is -6.30. The van der Waals surface area contributed by atoms with E-state index in [1.165, 1.54) is 28.4 Å². The van der Waals surface area contributed by atoms with Crippen molar-refractivity contribution in [2.75, 3.05) is 0 Å². The van der Waals surface area contributed by atoms with Crippen molar-refractivity contribution in [3.63, 3.8) is 0 Å². The van der Waals surface area contributed by atoms with Crippen molar-refractivity contribution in [2.24, 2.45) is 0 Å². The van der Waals surface area contributed by atoms with Crippen LogP contribution in [0.25, 0.3) is 0 Å². The number of benzene rings is 1. The molecule has 1 aromatic rings. The largest absolute Gasteiger partial charge is 0.480 e. The number of carbonyl (C=O) groups is 7. The number of hydrogen-bond donors (Lipinski definition) is 5. The Morgan fingerprint density at radius 2 is 1.33 bits per heavy atom. The number of carboxylic acids is 2. The Hall–Kier alpha value is -4.39. The lowest BCUT2D eigenvalue weighted by atomic mass is 9.95. The monoisotopic (exact) mass is 678 g/mol. The van der Waals surface area contributed by atoms with Gasteiger partial charge in [0.25, 0.3) is 11.6 Å². The van der Waals surface area contributed by atoms with Gasteiger partial charge in [-0.3, -0.25) is 34.1 Å². The molecule has 0 aromatic heterocycles. The van der Waals surface area contributed by atoms with Gasteiger partial charge in [-0.25, -0.2) is 9.59 Å². The second-order valence-electron chi connectivity index (χ2n) is 12.3. The van der Waals surface area contributed by atoms with Gasteiger partial charge in [0.1, 0.15) is 41.0 Å². The third kappa shape index (κ3) is 5.50. The summed E-state index contributed by atoms with van der Waals surface area (Å²) in [7, 11) is 0. The van der Waals surface area contributed by atoms with E-state index in [9.17, 15) is 53.9 Å². The number of hydrogen-bond acceptors (Lipinski definition) is 11. The highest BCUT2D eigenvalue weighted by molar-refractivity contribution is 8.02. The second kappa shape index (κ2) is 11.4. The van der Waals surface area contributed by atoms with E-state index in [-0.39, 0.29) is 11.3 Å². The van der Waals surface area contributed by atoms with E-state index < -0.39 is 103 Å². The minimum absolute atomic E-state index is 0.0683. The summed E-state index contributed by atoms with van der Waals surface area (Å²) in [6, 6.07) is -1.60. The van der Waals surface area contributed by atoms with Crippen LogP contribution in [0.4, 0.5) is 5.69 Å². The van der Waals surface area contributed by atoms with E-state index in [4.69, 9.17) is 0 Å². The second-order valence-corrected chi connectivity index (χ2v) is 15.8. The number of nitro benzene ring substituents is 1. The van der Waals surface area contributed by atoms with Gasteiger partial charge in [0.05, 0.1) is 11.3 Å². The Labute approximate surface area is 269 Å². The Morgan fingerprint density at radius 3 is 1.76 bits per heavy atom. The number of amides is 5. The topological polar surface area (TPSA) is 246 Å². The van der Waals surface area contributed by atoms with Crippen LogP contribution in [0, 0.1) is 10.1 Å². The van der Waals surface area contributed by atoms with E-state index in [0.717, 1.165) is 29.2 Å². The van der Waals surface area contributed by atoms with Gasteiger partial charge >= 0.3 is 11.9 Å². The quantitative estimate of drug-likeness (QED) is 0.117. The first-order valence-corrected chi connectivity index (χ1v) is 15.7. The molecule has 4 fully saturated rings. The Bertz CT molecular complexity index is 1570. The van der Waals surface area contributed by atoms with Crippen LogP contribution in [-0.4, -0.2) is 117 Å². The molecule has 1 aromatic carbocycles. The maximum Gasteiger partial charge on any atom is 0.327 e. The lowest BCUT2D eigenvalue weighted by Gasteiger charge is -2.44. The third-order valence-corrected chi connectivity index (χ3v) is 11.5. The number of fused-ring (bicyclic) bond motifs is 2. The van der Waals surface area contributed by atoms with Crippen molar-refractivity contribution in [1.29, 1.82) is 0 Å². The summed E-state index contributed by atoms with van der Waals surface area (Å²) in [5, 5.41) is 36.3. The van der Waals surface area contributed by atoms with Crippen LogP contribution in [-0.2, 0) is 28.8 Å². The van der Waals surface area contributed by atoms with Gasteiger partial charge in [-0.05, 0) is 39.8 Å². The molecule has 5 amide bonds. The van der Waals surface area contributed by atoms with E-state index >= 15 is 0 Å². The molecule has 0 saturated carbocycles. The summed E-state index contributed by atoms with van der Waals surface area (Å²) in [4.78, 5) is 102. The SMILES string of the molecule is CC1(C)S[C@@H]2[C@H](NC(=O)CC(NC(=O)c3ccc([N+](=O)[O-])cc3)C(=O)N[C@@H]3C(=O)N4[C@@H]3SC(C)(C)[C@@H]4C(=O)O)C(=O)N2[C@H]1C(=O)O. The predicted octanol–water partition coefficient (Wildman–Crippen LogP) is -0.653. The molecule has 19 heteroatoms. The fourth-order valence-corrected chi connectivity index (χ4v) is 9.40. The number of β-lactam (4-membered cyclic amide) rings is 2.